The summed E-state index contributed by atoms with van der Waals surface area (Å²) in [4.78, 5) is 4.58. The van der Waals surface area contributed by atoms with Gasteiger partial charge in [0, 0.05) is 24.7 Å². The molecule has 1 aromatic rings. The number of rotatable bonds is 3. The maximum Gasteiger partial charge on any atom is 0.0954 e. The second kappa shape index (κ2) is 4.35. The Morgan fingerprint density at radius 1 is 1.60 bits per heavy atom. The summed E-state index contributed by atoms with van der Waals surface area (Å²) in [6.07, 6.45) is 5.53. The van der Waals surface area contributed by atoms with E-state index in [0.717, 1.165) is 13.0 Å². The third-order valence-electron chi connectivity index (χ3n) is 3.14. The van der Waals surface area contributed by atoms with Crippen LogP contribution in [0.3, 0.4) is 0 Å². The van der Waals surface area contributed by atoms with Crippen LogP contribution in [0.15, 0.2) is 6.33 Å². The minimum atomic E-state index is 0.485. The van der Waals surface area contributed by atoms with Gasteiger partial charge in [0.1, 0.15) is 0 Å². The fourth-order valence-electron chi connectivity index (χ4n) is 2.38. The smallest absolute Gasteiger partial charge is 0.0954 e. The van der Waals surface area contributed by atoms with Crippen LogP contribution in [0.5, 0.6) is 0 Å². The van der Waals surface area contributed by atoms with Crippen molar-refractivity contribution in [2.45, 2.75) is 52.1 Å². The molecule has 3 heteroatoms. The molecule has 1 N–H and O–H groups in total. The first kappa shape index (κ1) is 10.7. The molecule has 0 aromatic carbocycles. The summed E-state index contributed by atoms with van der Waals surface area (Å²) in [5.41, 5.74) is 2.74. The molecule has 0 spiro atoms. The van der Waals surface area contributed by atoms with Crippen molar-refractivity contribution in [2.24, 2.45) is 0 Å². The Morgan fingerprint density at radius 3 is 3.07 bits per heavy atom. The molecule has 0 fully saturated rings. The van der Waals surface area contributed by atoms with Gasteiger partial charge in [-0.3, -0.25) is 0 Å². The first-order valence-corrected chi connectivity index (χ1v) is 6.03. The molecule has 2 rings (SSSR count). The number of imidazole rings is 1. The van der Waals surface area contributed by atoms with E-state index in [9.17, 15) is 0 Å². The van der Waals surface area contributed by atoms with E-state index in [1.54, 1.807) is 0 Å². The van der Waals surface area contributed by atoms with E-state index in [1.807, 2.05) is 6.33 Å². The summed E-state index contributed by atoms with van der Waals surface area (Å²) in [5, 5.41) is 3.55. The van der Waals surface area contributed by atoms with E-state index in [1.165, 1.54) is 24.2 Å². The first-order chi connectivity index (χ1) is 7.24. The molecule has 84 valence electrons. The van der Waals surface area contributed by atoms with Crippen LogP contribution in [0.2, 0.25) is 0 Å². The summed E-state index contributed by atoms with van der Waals surface area (Å²) in [6.45, 7) is 7.77. The van der Waals surface area contributed by atoms with E-state index >= 15 is 0 Å². The van der Waals surface area contributed by atoms with Crippen LogP contribution >= 0.6 is 0 Å². The van der Waals surface area contributed by atoms with E-state index in [0.29, 0.717) is 12.1 Å². The molecule has 0 saturated heterocycles. The number of hydrogen-bond acceptors (Lipinski definition) is 2. The summed E-state index contributed by atoms with van der Waals surface area (Å²) in [6, 6.07) is 1.01. The van der Waals surface area contributed by atoms with Gasteiger partial charge in [-0.05, 0) is 20.3 Å². The molecule has 2 heterocycles. The Balaban J connectivity index is 2.29. The Kier molecular flexibility index (Phi) is 3.10. The Bertz CT molecular complexity index is 328. The summed E-state index contributed by atoms with van der Waals surface area (Å²) in [5.74, 6) is 0. The van der Waals surface area contributed by atoms with Crippen LogP contribution in [0, 0.1) is 0 Å². The number of hydrogen-bond donors (Lipinski definition) is 1. The lowest BCUT2D eigenvalue weighted by Gasteiger charge is -2.24. The fraction of sp³-hybridized carbons (Fsp3) is 0.750. The number of nitrogens with zero attached hydrogens (tertiary/aromatic N) is 2. The average Bonchev–Trinajstić information content (AvgIpc) is 2.62. The van der Waals surface area contributed by atoms with Gasteiger partial charge in [-0.15, -0.1) is 0 Å². The number of nitrogens with one attached hydrogen (secondary N) is 1. The van der Waals surface area contributed by atoms with Crippen LogP contribution in [-0.2, 0) is 6.42 Å². The predicted molar refractivity (Wildman–Crippen MR) is 62.0 cm³/mol. The number of aromatic nitrogens is 2. The first-order valence-electron chi connectivity index (χ1n) is 6.03. The highest BCUT2D eigenvalue weighted by molar-refractivity contribution is 5.21. The number of fused-ring (bicyclic) bond motifs is 1. The highest BCUT2D eigenvalue weighted by atomic mass is 15.1. The zero-order valence-electron chi connectivity index (χ0n) is 9.95. The molecule has 0 amide bonds. The van der Waals surface area contributed by atoms with Crippen molar-refractivity contribution >= 4 is 0 Å². The molecule has 1 aromatic heterocycles. The third kappa shape index (κ3) is 1.93. The van der Waals surface area contributed by atoms with Gasteiger partial charge in [0.15, 0.2) is 0 Å². The van der Waals surface area contributed by atoms with Crippen LogP contribution in [0.1, 0.15) is 57.1 Å². The van der Waals surface area contributed by atoms with Gasteiger partial charge in [0.05, 0.1) is 18.1 Å². The molecular formula is C12H21N3. The molecule has 1 atom stereocenters. The van der Waals surface area contributed by atoms with E-state index in [-0.39, 0.29) is 0 Å². The molecule has 1 aliphatic rings. The van der Waals surface area contributed by atoms with Gasteiger partial charge < -0.3 is 9.88 Å². The van der Waals surface area contributed by atoms with Gasteiger partial charge in [0.2, 0.25) is 0 Å². The van der Waals surface area contributed by atoms with E-state index in [4.69, 9.17) is 0 Å². The molecular weight excluding hydrogens is 186 g/mol. The Hall–Kier alpha value is -0.830. The van der Waals surface area contributed by atoms with Crippen molar-refractivity contribution in [3.63, 3.8) is 0 Å². The van der Waals surface area contributed by atoms with Crippen LogP contribution in [0.25, 0.3) is 0 Å². The standard InChI is InChI=1S/C12H21N3/c1-4-5-10-12-11(6-7-13-10)15(8-14-12)9(2)3/h8-10,13H,4-7H2,1-3H3. The minimum absolute atomic E-state index is 0.485. The predicted octanol–water partition coefficient (Wildman–Crippen LogP) is 2.45. The molecule has 1 unspecified atom stereocenters. The normalized spacial score (nSPS) is 20.7. The quantitative estimate of drug-likeness (QED) is 0.825. The SMILES string of the molecule is CCCC1NCCc2c1ncn2C(C)C. The largest absolute Gasteiger partial charge is 0.332 e. The van der Waals surface area contributed by atoms with Gasteiger partial charge in [-0.2, -0.15) is 0 Å². The minimum Gasteiger partial charge on any atom is -0.332 e. The summed E-state index contributed by atoms with van der Waals surface area (Å²) in [7, 11) is 0. The lowest BCUT2D eigenvalue weighted by Crippen LogP contribution is -2.30. The summed E-state index contributed by atoms with van der Waals surface area (Å²) < 4.78 is 2.32. The molecule has 0 bridgehead atoms. The van der Waals surface area contributed by atoms with Crippen molar-refractivity contribution in [1.82, 2.24) is 14.9 Å². The molecule has 15 heavy (non-hydrogen) atoms. The second-order valence-electron chi connectivity index (χ2n) is 4.62. The highest BCUT2D eigenvalue weighted by Crippen LogP contribution is 2.26. The van der Waals surface area contributed by atoms with Crippen LogP contribution in [0.4, 0.5) is 0 Å². The zero-order valence-corrected chi connectivity index (χ0v) is 9.95. The zero-order chi connectivity index (χ0) is 10.8. The van der Waals surface area contributed by atoms with Crippen molar-refractivity contribution in [3.8, 4) is 0 Å². The molecule has 0 radical (unpaired) electrons. The topological polar surface area (TPSA) is 29.9 Å². The van der Waals surface area contributed by atoms with Gasteiger partial charge in [-0.1, -0.05) is 13.3 Å². The lowest BCUT2D eigenvalue weighted by atomic mass is 10.0. The summed E-state index contributed by atoms with van der Waals surface area (Å²) >= 11 is 0. The Morgan fingerprint density at radius 2 is 2.40 bits per heavy atom. The Labute approximate surface area is 91.9 Å². The van der Waals surface area contributed by atoms with Crippen molar-refractivity contribution in [1.29, 1.82) is 0 Å². The van der Waals surface area contributed by atoms with Crippen molar-refractivity contribution in [3.05, 3.63) is 17.7 Å². The molecule has 3 nitrogen and oxygen atoms in total. The highest BCUT2D eigenvalue weighted by Gasteiger charge is 2.23. The molecule has 0 saturated carbocycles. The van der Waals surface area contributed by atoms with Gasteiger partial charge in [0.25, 0.3) is 0 Å². The van der Waals surface area contributed by atoms with Crippen molar-refractivity contribution in [2.75, 3.05) is 6.54 Å². The monoisotopic (exact) mass is 207 g/mol. The van der Waals surface area contributed by atoms with Gasteiger partial charge in [-0.25, -0.2) is 4.98 Å². The lowest BCUT2D eigenvalue weighted by molar-refractivity contribution is 0.447. The van der Waals surface area contributed by atoms with Crippen LogP contribution < -0.4 is 5.32 Å². The molecule has 0 aliphatic carbocycles. The maximum absolute atomic E-state index is 4.58. The van der Waals surface area contributed by atoms with Gasteiger partial charge >= 0.3 is 0 Å². The van der Waals surface area contributed by atoms with Crippen molar-refractivity contribution < 1.29 is 0 Å². The average molecular weight is 207 g/mol. The van der Waals surface area contributed by atoms with Crippen LogP contribution in [-0.4, -0.2) is 16.1 Å². The maximum atomic E-state index is 4.58. The van der Waals surface area contributed by atoms with E-state index < -0.39 is 0 Å². The second-order valence-corrected chi connectivity index (χ2v) is 4.62. The third-order valence-corrected chi connectivity index (χ3v) is 3.14. The fourth-order valence-corrected chi connectivity index (χ4v) is 2.38. The van der Waals surface area contributed by atoms with E-state index in [2.05, 4.69) is 35.6 Å². The molecule has 1 aliphatic heterocycles.